The van der Waals surface area contributed by atoms with Crippen molar-refractivity contribution >= 4 is 86.7 Å². The lowest BCUT2D eigenvalue weighted by atomic mass is 10.4. The molecule has 1 saturated heterocycles. The molecule has 0 aliphatic carbocycles. The number of hydrogen-bond acceptors (Lipinski definition) is 14. The van der Waals surface area contributed by atoms with Crippen molar-refractivity contribution in [3.63, 3.8) is 0 Å². The smallest absolute Gasteiger partial charge is 0.321 e. The largest absolute Gasteiger partial charge is 0.480 e. The minimum absolute atomic E-state index is 0.190. The highest BCUT2D eigenvalue weighted by Gasteiger charge is 2.39. The van der Waals surface area contributed by atoms with Crippen LogP contribution in [-0.4, -0.2) is 152 Å². The van der Waals surface area contributed by atoms with Crippen LogP contribution in [0.2, 0.25) is 104 Å². The monoisotopic (exact) mass is 914 g/mol. The molecule has 0 radical (unpaired) electrons. The molecule has 1 rings (SSSR count). The number of nitrogens with two attached hydrogens (primary N) is 2. The average molecular weight is 916 g/mol. The van der Waals surface area contributed by atoms with Crippen LogP contribution in [0, 0.1) is 0 Å². The fourth-order valence-electron chi connectivity index (χ4n) is 5.28. The van der Waals surface area contributed by atoms with Crippen LogP contribution in [0.3, 0.4) is 0 Å². The second kappa shape index (κ2) is 26.6. The third kappa shape index (κ3) is 36.9. The van der Waals surface area contributed by atoms with Gasteiger partial charge in [-0.15, -0.1) is 0 Å². The molecule has 2 unspecified atom stereocenters. The van der Waals surface area contributed by atoms with Crippen molar-refractivity contribution in [3.05, 3.63) is 0 Å². The Labute approximate surface area is 343 Å². The predicted molar refractivity (Wildman–Crippen MR) is 240 cm³/mol. The molecule has 1 aliphatic rings. The normalized spacial score (nSPS) is 17.0. The summed E-state index contributed by atoms with van der Waals surface area (Å²) in [6.07, 6.45) is 1.71. The zero-order valence-corrected chi connectivity index (χ0v) is 43.5. The summed E-state index contributed by atoms with van der Waals surface area (Å²) in [4.78, 5) is 20.4. The number of thioether (sulfide) groups is 1. The van der Waals surface area contributed by atoms with Gasteiger partial charge in [-0.2, -0.15) is 24.4 Å². The quantitative estimate of drug-likeness (QED) is 0.0257. The van der Waals surface area contributed by atoms with Gasteiger partial charge in [-0.3, -0.25) is 9.59 Å². The van der Waals surface area contributed by atoms with Crippen molar-refractivity contribution in [2.75, 3.05) is 50.3 Å². The maximum atomic E-state index is 10.6. The van der Waals surface area contributed by atoms with Gasteiger partial charge in [-0.05, 0) is 117 Å². The number of hydrogen-bond donors (Lipinski definition) is 6. The van der Waals surface area contributed by atoms with E-state index in [2.05, 4.69) is 104 Å². The maximum Gasteiger partial charge on any atom is 0.321 e. The molecular formula is C32H78N2O12S2Si6. The lowest BCUT2D eigenvalue weighted by Gasteiger charge is -2.37. The van der Waals surface area contributed by atoms with E-state index in [1.807, 2.05) is 0 Å². The molecule has 0 bridgehead atoms. The standard InChI is InChI=1S/C16H39NO6SSi3.C13H32O4Si3.C3H7NO2S/c1-25(2,3)22-27(6,7)23-26(4,5)10-8-9-21-11-14(18)12-24-13-15(17)16(19)20;1-18(2,3)16-20(6,7)17-19(4,5)10-8-9-14-11-13-12-15-13;4-2(1-7)3(5)6/h14-15,18H,8-13,17H2,1-7H3,(H,19,20);13H,8-12H2,1-7H3;2,7H,1,4H2,(H,5,6)/t14?,15-;;2-/m0.0/s1. The van der Waals surface area contributed by atoms with E-state index in [4.69, 9.17) is 52.4 Å². The summed E-state index contributed by atoms with van der Waals surface area (Å²) < 4.78 is 41.7. The number of carboxylic acids is 2. The first kappa shape index (κ1) is 56.6. The van der Waals surface area contributed by atoms with Gasteiger partial charge in [0.15, 0.2) is 33.3 Å². The molecule has 4 atom stereocenters. The number of epoxide rings is 1. The minimum Gasteiger partial charge on any atom is -0.480 e. The van der Waals surface area contributed by atoms with Crippen molar-refractivity contribution in [1.29, 1.82) is 0 Å². The first-order valence-corrected chi connectivity index (χ1v) is 39.2. The topological polar surface area (TPSA) is 215 Å². The molecular weight excluding hydrogens is 837 g/mol. The Bertz CT molecular complexity index is 1050. The number of thiol groups is 1. The maximum absolute atomic E-state index is 10.6. The molecule has 0 aromatic heterocycles. The van der Waals surface area contributed by atoms with Crippen LogP contribution >= 0.6 is 24.4 Å². The van der Waals surface area contributed by atoms with E-state index in [1.54, 1.807) is 0 Å². The molecule has 324 valence electrons. The Morgan fingerprint density at radius 2 is 1.13 bits per heavy atom. The molecule has 0 spiro atoms. The number of aliphatic carboxylic acids is 2. The summed E-state index contributed by atoms with van der Waals surface area (Å²) in [5.41, 5.74) is 10.4. The molecule has 0 saturated carbocycles. The Balaban J connectivity index is 0. The van der Waals surface area contributed by atoms with Gasteiger partial charge in [-0.1, -0.05) is 0 Å². The van der Waals surface area contributed by atoms with E-state index in [-0.39, 0.29) is 18.1 Å². The van der Waals surface area contributed by atoms with Crippen molar-refractivity contribution in [2.45, 2.75) is 141 Å². The number of aliphatic hydroxyl groups is 1. The average Bonchev–Trinajstić information content (AvgIpc) is 3.77. The van der Waals surface area contributed by atoms with E-state index in [0.29, 0.717) is 18.5 Å². The Kier molecular flexibility index (Phi) is 27.9. The van der Waals surface area contributed by atoms with Gasteiger partial charge in [0.1, 0.15) is 18.2 Å². The van der Waals surface area contributed by atoms with Crippen LogP contribution in [0.5, 0.6) is 0 Å². The van der Waals surface area contributed by atoms with Gasteiger partial charge in [0.25, 0.3) is 0 Å². The molecule has 14 nitrogen and oxygen atoms in total. The Morgan fingerprint density at radius 3 is 1.46 bits per heavy atom. The first-order valence-electron chi connectivity index (χ1n) is 18.7. The second-order valence-corrected chi connectivity index (χ2v) is 44.3. The molecule has 0 amide bonds. The van der Waals surface area contributed by atoms with E-state index in [1.165, 1.54) is 11.8 Å². The Hall–Kier alpha value is 0.541. The highest BCUT2D eigenvalue weighted by atomic mass is 32.2. The summed E-state index contributed by atoms with van der Waals surface area (Å²) in [5, 5.41) is 26.6. The molecule has 1 fully saturated rings. The molecule has 54 heavy (non-hydrogen) atoms. The van der Waals surface area contributed by atoms with Gasteiger partial charge < -0.3 is 57.5 Å². The van der Waals surface area contributed by atoms with Crippen LogP contribution in [0.15, 0.2) is 0 Å². The van der Waals surface area contributed by atoms with Crippen LogP contribution in [0.25, 0.3) is 0 Å². The SMILES string of the molecule is C[Si](C)(C)O[Si](C)(C)O[Si](C)(C)CCCOCC(O)CSC[C@H](N)C(=O)O.C[Si](C)(C)O[Si](C)(C)O[Si](C)(C)CCCOCC1CO1.N[C@@H](CS)C(=O)O. The fraction of sp³-hybridized carbons (Fsp3) is 0.938. The van der Waals surface area contributed by atoms with Crippen LogP contribution in [-0.2, 0) is 40.3 Å². The summed E-state index contributed by atoms with van der Waals surface area (Å²) >= 11 is 4.97. The molecule has 0 aromatic carbocycles. The first-order chi connectivity index (χ1) is 24.3. The van der Waals surface area contributed by atoms with Crippen LogP contribution < -0.4 is 11.5 Å². The summed E-state index contributed by atoms with van der Waals surface area (Å²) in [6.45, 7) is 34.1. The van der Waals surface area contributed by atoms with Crippen molar-refractivity contribution in [3.8, 4) is 0 Å². The number of carbonyl (C=O) groups is 2. The van der Waals surface area contributed by atoms with Gasteiger partial charge in [0, 0.05) is 30.5 Å². The number of ether oxygens (including phenoxy) is 3. The van der Waals surface area contributed by atoms with Gasteiger partial charge >= 0.3 is 29.1 Å². The van der Waals surface area contributed by atoms with Crippen molar-refractivity contribution in [2.24, 2.45) is 11.5 Å². The third-order valence-electron chi connectivity index (χ3n) is 6.74. The number of aliphatic hydroxyl groups excluding tert-OH is 1. The van der Waals surface area contributed by atoms with Crippen molar-refractivity contribution < 1.29 is 55.6 Å². The second-order valence-electron chi connectivity index (χ2n) is 17.5. The highest BCUT2D eigenvalue weighted by Crippen LogP contribution is 2.25. The number of rotatable bonds is 27. The van der Waals surface area contributed by atoms with E-state index >= 15 is 0 Å². The van der Waals surface area contributed by atoms with E-state index in [0.717, 1.165) is 44.8 Å². The van der Waals surface area contributed by atoms with Crippen LogP contribution in [0.1, 0.15) is 12.8 Å². The molecule has 0 aromatic rings. The number of carboxylic acid groups (broad SMARTS) is 2. The minimum atomic E-state index is -2.11. The molecule has 7 N–H and O–H groups in total. The van der Waals surface area contributed by atoms with Gasteiger partial charge in [0.05, 0.1) is 25.9 Å². The highest BCUT2D eigenvalue weighted by molar-refractivity contribution is 7.99. The lowest BCUT2D eigenvalue weighted by molar-refractivity contribution is -0.138. The zero-order chi connectivity index (χ0) is 42.6. The predicted octanol–water partition coefficient (Wildman–Crippen LogP) is 5.57. The molecule has 1 heterocycles. The molecule has 1 aliphatic heterocycles. The van der Waals surface area contributed by atoms with E-state index in [9.17, 15) is 14.7 Å². The summed E-state index contributed by atoms with van der Waals surface area (Å²) in [7, 11) is -10.7. The van der Waals surface area contributed by atoms with E-state index < -0.39 is 80.5 Å². The van der Waals surface area contributed by atoms with Crippen molar-refractivity contribution in [1.82, 2.24) is 0 Å². The summed E-state index contributed by atoms with van der Waals surface area (Å²) in [6, 6.07) is 0.400. The van der Waals surface area contributed by atoms with Gasteiger partial charge in [0.2, 0.25) is 0 Å². The van der Waals surface area contributed by atoms with Crippen LogP contribution in [0.4, 0.5) is 0 Å². The lowest BCUT2D eigenvalue weighted by Crippen LogP contribution is -2.51. The fourth-order valence-corrected chi connectivity index (χ4v) is 32.7. The zero-order valence-electron chi connectivity index (χ0n) is 35.8. The third-order valence-corrected chi connectivity index (χ3v) is 28.6. The Morgan fingerprint density at radius 1 is 0.722 bits per heavy atom. The molecule has 22 heteroatoms. The summed E-state index contributed by atoms with van der Waals surface area (Å²) in [5.74, 6) is -1.14. The van der Waals surface area contributed by atoms with Gasteiger partial charge in [-0.25, -0.2) is 0 Å².